The number of fused-ring (bicyclic) bond motifs is 14. The van der Waals surface area contributed by atoms with E-state index < -0.39 is 0 Å². The number of nitrogens with zero attached hydrogens (tertiary/aromatic N) is 3. The van der Waals surface area contributed by atoms with E-state index in [1.807, 2.05) is 11.3 Å². The molecule has 3 aromatic heterocycles. The van der Waals surface area contributed by atoms with Crippen molar-refractivity contribution in [3.05, 3.63) is 152 Å². The molecule has 0 aliphatic carbocycles. The van der Waals surface area contributed by atoms with Gasteiger partial charge >= 0.3 is 0 Å². The van der Waals surface area contributed by atoms with Crippen molar-refractivity contribution < 1.29 is 0 Å². The lowest BCUT2D eigenvalue weighted by Gasteiger charge is -2.14. The number of hydrogen-bond acceptors (Lipinski definition) is 3. The zero-order valence-corrected chi connectivity index (χ0v) is 26.5. The Hall–Kier alpha value is -6.10. The first-order valence-corrected chi connectivity index (χ1v) is 17.1. The Morgan fingerprint density at radius 2 is 1.02 bits per heavy atom. The molecule has 0 unspecified atom stereocenters. The summed E-state index contributed by atoms with van der Waals surface area (Å²) in [4.78, 5) is 10.8. The molecule has 0 aliphatic rings. The molecule has 0 atom stereocenters. The monoisotopic (exact) mass is 627 g/mol. The number of benzene rings is 8. The van der Waals surface area contributed by atoms with Gasteiger partial charge in [0.15, 0.2) is 0 Å². The van der Waals surface area contributed by atoms with Crippen molar-refractivity contribution in [1.82, 2.24) is 14.5 Å². The van der Waals surface area contributed by atoms with E-state index >= 15 is 0 Å². The van der Waals surface area contributed by atoms with Crippen LogP contribution in [0.4, 0.5) is 0 Å². The van der Waals surface area contributed by atoms with Crippen molar-refractivity contribution in [3.63, 3.8) is 0 Å². The maximum Gasteiger partial charge on any atom is 0.235 e. The fourth-order valence-corrected chi connectivity index (χ4v) is 9.07. The van der Waals surface area contributed by atoms with Crippen LogP contribution in [0.3, 0.4) is 0 Å². The van der Waals surface area contributed by atoms with E-state index in [1.165, 1.54) is 57.9 Å². The van der Waals surface area contributed by atoms with Crippen molar-refractivity contribution >= 4 is 96.5 Å². The molecule has 0 saturated carbocycles. The summed E-state index contributed by atoms with van der Waals surface area (Å²) in [7, 11) is 0. The Kier molecular flexibility index (Phi) is 5.26. The minimum Gasteiger partial charge on any atom is -0.277 e. The average Bonchev–Trinajstić information content (AvgIpc) is 3.71. The molecule has 0 bridgehead atoms. The summed E-state index contributed by atoms with van der Waals surface area (Å²) < 4.78 is 4.96. The first-order chi connectivity index (χ1) is 23.8. The molecule has 0 saturated heterocycles. The second-order valence-electron chi connectivity index (χ2n) is 12.5. The quantitative estimate of drug-likeness (QED) is 0.179. The standard InChI is InChI=1S/C44H25N3S/c1-2-11-27(12-3-1)40-37-19-18-26-10-4-5-13-28(26)41(37)46-44(45-40)47-38-16-8-6-14-31(38)34-22-20-29-30-21-24-36-32-15-7-9-17-39(32)48-43(36)35(30)25-23-33(29)42(34)47/h1-25H. The van der Waals surface area contributed by atoms with Gasteiger partial charge in [-0.3, -0.25) is 4.57 Å². The maximum absolute atomic E-state index is 5.42. The Labute approximate surface area is 278 Å². The van der Waals surface area contributed by atoms with Crippen LogP contribution in [0.25, 0.3) is 102 Å². The van der Waals surface area contributed by atoms with Gasteiger partial charge in [-0.1, -0.05) is 133 Å². The van der Waals surface area contributed by atoms with Crippen LogP contribution in [0.15, 0.2) is 152 Å². The Morgan fingerprint density at radius 1 is 0.417 bits per heavy atom. The topological polar surface area (TPSA) is 30.7 Å². The average molecular weight is 628 g/mol. The fraction of sp³-hybridized carbons (Fsp3) is 0. The second-order valence-corrected chi connectivity index (χ2v) is 13.6. The lowest BCUT2D eigenvalue weighted by atomic mass is 9.98. The van der Waals surface area contributed by atoms with E-state index in [0.717, 1.165) is 38.6 Å². The molecule has 3 nitrogen and oxygen atoms in total. The van der Waals surface area contributed by atoms with Crippen LogP contribution in [-0.4, -0.2) is 14.5 Å². The van der Waals surface area contributed by atoms with E-state index in [9.17, 15) is 0 Å². The number of thiophene rings is 1. The molecule has 0 radical (unpaired) electrons. The molecule has 222 valence electrons. The zero-order valence-electron chi connectivity index (χ0n) is 25.7. The Balaban J connectivity index is 1.29. The van der Waals surface area contributed by atoms with Gasteiger partial charge in [-0.25, -0.2) is 9.97 Å². The molecular weight excluding hydrogens is 603 g/mol. The lowest BCUT2D eigenvalue weighted by Crippen LogP contribution is -2.04. The van der Waals surface area contributed by atoms with Crippen LogP contribution in [0, 0.1) is 0 Å². The summed E-state index contributed by atoms with van der Waals surface area (Å²) in [6.45, 7) is 0. The van der Waals surface area contributed by atoms with Crippen molar-refractivity contribution in [2.75, 3.05) is 0 Å². The van der Waals surface area contributed by atoms with Gasteiger partial charge in [0, 0.05) is 58.1 Å². The lowest BCUT2D eigenvalue weighted by molar-refractivity contribution is 1.02. The fourth-order valence-electron chi connectivity index (χ4n) is 7.84. The zero-order chi connectivity index (χ0) is 31.3. The van der Waals surface area contributed by atoms with E-state index in [1.54, 1.807) is 0 Å². The third kappa shape index (κ3) is 3.52. The number of hydrogen-bond donors (Lipinski definition) is 0. The van der Waals surface area contributed by atoms with E-state index in [-0.39, 0.29) is 0 Å². The van der Waals surface area contributed by atoms with Crippen LogP contribution in [0.5, 0.6) is 0 Å². The summed E-state index contributed by atoms with van der Waals surface area (Å²) in [5, 5.41) is 13.4. The van der Waals surface area contributed by atoms with Crippen LogP contribution in [-0.2, 0) is 0 Å². The highest BCUT2D eigenvalue weighted by Crippen LogP contribution is 2.43. The molecule has 0 N–H and O–H groups in total. The van der Waals surface area contributed by atoms with Crippen molar-refractivity contribution in [2.24, 2.45) is 0 Å². The summed E-state index contributed by atoms with van der Waals surface area (Å²) in [6, 6.07) is 54.6. The molecule has 48 heavy (non-hydrogen) atoms. The van der Waals surface area contributed by atoms with Crippen molar-refractivity contribution in [3.8, 4) is 17.2 Å². The van der Waals surface area contributed by atoms with Gasteiger partial charge in [-0.15, -0.1) is 11.3 Å². The summed E-state index contributed by atoms with van der Waals surface area (Å²) in [5.74, 6) is 0.677. The van der Waals surface area contributed by atoms with Gasteiger partial charge < -0.3 is 0 Å². The maximum atomic E-state index is 5.42. The predicted molar refractivity (Wildman–Crippen MR) is 205 cm³/mol. The third-order valence-corrected chi connectivity index (χ3v) is 11.2. The summed E-state index contributed by atoms with van der Waals surface area (Å²) in [5.41, 5.74) is 5.19. The van der Waals surface area contributed by atoms with Crippen LogP contribution >= 0.6 is 11.3 Å². The molecule has 0 amide bonds. The highest BCUT2D eigenvalue weighted by molar-refractivity contribution is 7.26. The predicted octanol–water partition coefficient (Wildman–Crippen LogP) is 12.2. The third-order valence-electron chi connectivity index (χ3n) is 9.99. The van der Waals surface area contributed by atoms with Gasteiger partial charge in [0.25, 0.3) is 0 Å². The Morgan fingerprint density at radius 3 is 1.88 bits per heavy atom. The largest absolute Gasteiger partial charge is 0.277 e. The van der Waals surface area contributed by atoms with E-state index in [2.05, 4.69) is 156 Å². The van der Waals surface area contributed by atoms with Crippen LogP contribution in [0.2, 0.25) is 0 Å². The van der Waals surface area contributed by atoms with E-state index in [4.69, 9.17) is 9.97 Å². The molecule has 3 heterocycles. The molecule has 0 spiro atoms. The first kappa shape index (κ1) is 26.0. The SMILES string of the molecule is c1ccc(-c2nc(-n3c4ccccc4c4ccc5c6ccc7c8ccccc8sc7c6ccc5c43)nc3c2ccc2ccccc23)cc1. The van der Waals surface area contributed by atoms with Crippen LogP contribution < -0.4 is 0 Å². The summed E-state index contributed by atoms with van der Waals surface area (Å²) >= 11 is 1.88. The van der Waals surface area contributed by atoms with Gasteiger partial charge in [-0.05, 0) is 34.4 Å². The van der Waals surface area contributed by atoms with Gasteiger partial charge in [0.2, 0.25) is 5.95 Å². The van der Waals surface area contributed by atoms with E-state index in [0.29, 0.717) is 5.95 Å². The van der Waals surface area contributed by atoms with Gasteiger partial charge in [-0.2, -0.15) is 0 Å². The molecule has 8 aromatic carbocycles. The highest BCUT2D eigenvalue weighted by atomic mass is 32.1. The highest BCUT2D eigenvalue weighted by Gasteiger charge is 2.21. The first-order valence-electron chi connectivity index (χ1n) is 16.3. The minimum atomic E-state index is 0.677. The van der Waals surface area contributed by atoms with Gasteiger partial charge in [0.1, 0.15) is 0 Å². The van der Waals surface area contributed by atoms with Crippen LogP contribution in [0.1, 0.15) is 0 Å². The Bertz CT molecular complexity index is 3120. The molecule has 11 rings (SSSR count). The van der Waals surface area contributed by atoms with Crippen molar-refractivity contribution in [2.45, 2.75) is 0 Å². The molecule has 11 aromatic rings. The summed E-state index contributed by atoms with van der Waals surface area (Å²) in [6.07, 6.45) is 0. The van der Waals surface area contributed by atoms with Gasteiger partial charge in [0.05, 0.1) is 22.2 Å². The number of rotatable bonds is 2. The molecule has 0 fully saturated rings. The number of para-hydroxylation sites is 1. The van der Waals surface area contributed by atoms with Crippen molar-refractivity contribution in [1.29, 1.82) is 0 Å². The second kappa shape index (κ2) is 9.71. The minimum absolute atomic E-state index is 0.677. The molecule has 0 aliphatic heterocycles. The molecule has 4 heteroatoms. The normalized spacial score (nSPS) is 12.2. The smallest absolute Gasteiger partial charge is 0.235 e. The molecular formula is C44H25N3S. The number of aromatic nitrogens is 3.